The number of hydrogen-bond acceptors (Lipinski definition) is 3. The summed E-state index contributed by atoms with van der Waals surface area (Å²) >= 11 is 0. The summed E-state index contributed by atoms with van der Waals surface area (Å²) in [5, 5.41) is 3.29. The minimum atomic E-state index is -0.138. The monoisotopic (exact) mass is 208 g/mol. The number of piperazine rings is 1. The number of hydrogen-bond donors (Lipinski definition) is 2. The fraction of sp³-hybridized carbons (Fsp3) is 0.600. The SMILES string of the molecule is CC1(C)CNCCN1C(=O)c1cnc[nH]1. The molecule has 0 atom stereocenters. The summed E-state index contributed by atoms with van der Waals surface area (Å²) < 4.78 is 0. The standard InChI is InChI=1S/C10H16N4O/c1-10(2)6-11-3-4-14(10)9(15)8-5-12-7-13-8/h5,7,11H,3-4,6H2,1-2H3,(H,12,13). The Bertz CT molecular complexity index is 344. The predicted molar refractivity (Wildman–Crippen MR) is 56.6 cm³/mol. The van der Waals surface area contributed by atoms with Crippen LogP contribution in [0.25, 0.3) is 0 Å². The van der Waals surface area contributed by atoms with Crippen LogP contribution in [0.2, 0.25) is 0 Å². The van der Waals surface area contributed by atoms with Crippen LogP contribution in [-0.2, 0) is 0 Å². The molecular formula is C10H16N4O. The van der Waals surface area contributed by atoms with Crippen LogP contribution in [0.1, 0.15) is 24.3 Å². The summed E-state index contributed by atoms with van der Waals surface area (Å²) in [6, 6.07) is 0. The zero-order valence-electron chi connectivity index (χ0n) is 9.08. The lowest BCUT2D eigenvalue weighted by atomic mass is 10.00. The summed E-state index contributed by atoms with van der Waals surface area (Å²) in [5.74, 6) is 0.0269. The van der Waals surface area contributed by atoms with Gasteiger partial charge in [0.2, 0.25) is 0 Å². The number of rotatable bonds is 1. The predicted octanol–water partition coefficient (Wildman–Crippen LogP) is 0.234. The number of nitrogens with one attached hydrogen (secondary N) is 2. The largest absolute Gasteiger partial charge is 0.341 e. The van der Waals surface area contributed by atoms with E-state index in [1.54, 1.807) is 6.20 Å². The van der Waals surface area contributed by atoms with Gasteiger partial charge in [-0.3, -0.25) is 4.79 Å². The lowest BCUT2D eigenvalue weighted by Crippen LogP contribution is -2.59. The zero-order chi connectivity index (χ0) is 10.9. The van der Waals surface area contributed by atoms with Crippen molar-refractivity contribution in [2.75, 3.05) is 19.6 Å². The van der Waals surface area contributed by atoms with Gasteiger partial charge in [-0.05, 0) is 13.8 Å². The number of nitrogens with zero attached hydrogens (tertiary/aromatic N) is 2. The minimum Gasteiger partial charge on any atom is -0.341 e. The van der Waals surface area contributed by atoms with Crippen LogP contribution >= 0.6 is 0 Å². The van der Waals surface area contributed by atoms with E-state index < -0.39 is 0 Å². The van der Waals surface area contributed by atoms with E-state index in [0.29, 0.717) is 5.69 Å². The molecule has 1 aromatic rings. The number of imidazole rings is 1. The van der Waals surface area contributed by atoms with Gasteiger partial charge in [-0.25, -0.2) is 4.98 Å². The average molecular weight is 208 g/mol. The molecule has 0 spiro atoms. The molecule has 1 aliphatic rings. The molecule has 0 aromatic carbocycles. The van der Waals surface area contributed by atoms with Gasteiger partial charge >= 0.3 is 0 Å². The normalized spacial score (nSPS) is 20.3. The first kappa shape index (κ1) is 10.2. The molecule has 1 fully saturated rings. The Hall–Kier alpha value is -1.36. The smallest absolute Gasteiger partial charge is 0.272 e. The molecule has 2 N–H and O–H groups in total. The Labute approximate surface area is 88.9 Å². The molecule has 0 aliphatic carbocycles. The lowest BCUT2D eigenvalue weighted by molar-refractivity contribution is 0.0472. The van der Waals surface area contributed by atoms with E-state index in [-0.39, 0.29) is 11.4 Å². The number of carbonyl (C=O) groups is 1. The van der Waals surface area contributed by atoms with Crippen molar-refractivity contribution >= 4 is 5.91 Å². The highest BCUT2D eigenvalue weighted by Crippen LogP contribution is 2.18. The van der Waals surface area contributed by atoms with Crippen molar-refractivity contribution in [2.45, 2.75) is 19.4 Å². The summed E-state index contributed by atoms with van der Waals surface area (Å²) in [7, 11) is 0. The molecule has 1 amide bonds. The molecule has 0 saturated carbocycles. The maximum Gasteiger partial charge on any atom is 0.272 e. The summed E-state index contributed by atoms with van der Waals surface area (Å²) in [4.78, 5) is 20.7. The van der Waals surface area contributed by atoms with Crippen molar-refractivity contribution in [3.63, 3.8) is 0 Å². The zero-order valence-corrected chi connectivity index (χ0v) is 9.08. The molecule has 2 heterocycles. The third-order valence-corrected chi connectivity index (χ3v) is 2.77. The molecule has 15 heavy (non-hydrogen) atoms. The minimum absolute atomic E-state index is 0.0269. The first-order valence-corrected chi connectivity index (χ1v) is 5.12. The quantitative estimate of drug-likeness (QED) is 0.694. The van der Waals surface area contributed by atoms with E-state index in [1.807, 2.05) is 4.90 Å². The van der Waals surface area contributed by atoms with Gasteiger partial charge in [0, 0.05) is 19.6 Å². The third-order valence-electron chi connectivity index (χ3n) is 2.77. The van der Waals surface area contributed by atoms with Crippen molar-refractivity contribution in [3.05, 3.63) is 18.2 Å². The van der Waals surface area contributed by atoms with Crippen molar-refractivity contribution < 1.29 is 4.79 Å². The third kappa shape index (κ3) is 1.87. The molecule has 82 valence electrons. The van der Waals surface area contributed by atoms with E-state index in [4.69, 9.17) is 0 Å². The molecule has 5 heteroatoms. The highest BCUT2D eigenvalue weighted by molar-refractivity contribution is 5.92. The fourth-order valence-electron chi connectivity index (χ4n) is 1.88. The van der Waals surface area contributed by atoms with Gasteiger partial charge in [0.05, 0.1) is 18.1 Å². The van der Waals surface area contributed by atoms with Crippen LogP contribution in [0.5, 0.6) is 0 Å². The van der Waals surface area contributed by atoms with Gasteiger partial charge in [0.15, 0.2) is 0 Å². The number of aromatic nitrogens is 2. The van der Waals surface area contributed by atoms with Crippen LogP contribution in [0.4, 0.5) is 0 Å². The Morgan fingerprint density at radius 1 is 1.60 bits per heavy atom. The van der Waals surface area contributed by atoms with Crippen LogP contribution in [0.3, 0.4) is 0 Å². The summed E-state index contributed by atoms with van der Waals surface area (Å²) in [6.07, 6.45) is 3.10. The van der Waals surface area contributed by atoms with E-state index in [0.717, 1.165) is 19.6 Å². The number of carbonyl (C=O) groups excluding carboxylic acids is 1. The first-order valence-electron chi connectivity index (χ1n) is 5.12. The summed E-state index contributed by atoms with van der Waals surface area (Å²) in [5.41, 5.74) is 0.422. The molecule has 1 aliphatic heterocycles. The first-order chi connectivity index (χ1) is 7.11. The molecule has 1 saturated heterocycles. The fourth-order valence-corrected chi connectivity index (χ4v) is 1.88. The van der Waals surface area contributed by atoms with Gasteiger partial charge in [-0.1, -0.05) is 0 Å². The molecule has 0 bridgehead atoms. The van der Waals surface area contributed by atoms with E-state index in [2.05, 4.69) is 29.1 Å². The Balaban J connectivity index is 2.19. The second kappa shape index (κ2) is 3.66. The van der Waals surface area contributed by atoms with Crippen molar-refractivity contribution in [1.82, 2.24) is 20.2 Å². The van der Waals surface area contributed by atoms with Crippen molar-refractivity contribution in [3.8, 4) is 0 Å². The molecule has 1 aromatic heterocycles. The Kier molecular flexibility index (Phi) is 2.48. The molecule has 5 nitrogen and oxygen atoms in total. The molecular weight excluding hydrogens is 192 g/mol. The number of amides is 1. The topological polar surface area (TPSA) is 61.0 Å². The van der Waals surface area contributed by atoms with E-state index in [1.165, 1.54) is 6.33 Å². The van der Waals surface area contributed by atoms with E-state index in [9.17, 15) is 4.79 Å². The van der Waals surface area contributed by atoms with Crippen molar-refractivity contribution in [1.29, 1.82) is 0 Å². The number of aromatic amines is 1. The van der Waals surface area contributed by atoms with Crippen molar-refractivity contribution in [2.24, 2.45) is 0 Å². The van der Waals surface area contributed by atoms with Gasteiger partial charge < -0.3 is 15.2 Å². The van der Waals surface area contributed by atoms with Crippen LogP contribution in [0, 0.1) is 0 Å². The maximum absolute atomic E-state index is 12.1. The van der Waals surface area contributed by atoms with Gasteiger partial charge in [0.1, 0.15) is 5.69 Å². The van der Waals surface area contributed by atoms with Crippen LogP contribution < -0.4 is 5.32 Å². The molecule has 0 unspecified atom stereocenters. The van der Waals surface area contributed by atoms with Crippen LogP contribution in [0.15, 0.2) is 12.5 Å². The summed E-state index contributed by atoms with van der Waals surface area (Å²) in [6.45, 7) is 6.54. The highest BCUT2D eigenvalue weighted by Gasteiger charge is 2.34. The second-order valence-corrected chi connectivity index (χ2v) is 4.41. The highest BCUT2D eigenvalue weighted by atomic mass is 16.2. The molecule has 2 rings (SSSR count). The second-order valence-electron chi connectivity index (χ2n) is 4.41. The van der Waals surface area contributed by atoms with Gasteiger partial charge in [0.25, 0.3) is 5.91 Å². The number of H-pyrrole nitrogens is 1. The average Bonchev–Trinajstić information content (AvgIpc) is 2.69. The van der Waals surface area contributed by atoms with Gasteiger partial charge in [-0.2, -0.15) is 0 Å². The Morgan fingerprint density at radius 2 is 2.40 bits per heavy atom. The van der Waals surface area contributed by atoms with Gasteiger partial charge in [-0.15, -0.1) is 0 Å². The lowest BCUT2D eigenvalue weighted by Gasteiger charge is -2.42. The van der Waals surface area contributed by atoms with E-state index >= 15 is 0 Å². The Morgan fingerprint density at radius 3 is 3.00 bits per heavy atom. The van der Waals surface area contributed by atoms with Crippen LogP contribution in [-0.4, -0.2) is 45.9 Å². The maximum atomic E-state index is 12.1. The molecule has 0 radical (unpaired) electrons.